The molecule has 0 saturated carbocycles. The van der Waals surface area contributed by atoms with Crippen molar-refractivity contribution < 1.29 is 25.5 Å². The van der Waals surface area contributed by atoms with Crippen LogP contribution in [0, 0.1) is 0 Å². The summed E-state index contributed by atoms with van der Waals surface area (Å²) in [4.78, 5) is 0. The molecule has 2 aromatic heterocycles. The minimum Gasteiger partial charge on any atom is -0.504 e. The van der Waals surface area contributed by atoms with E-state index in [0.29, 0.717) is 5.56 Å². The molecule has 0 aliphatic carbocycles. The normalized spacial score (nSPS) is 11.7. The van der Waals surface area contributed by atoms with Crippen molar-refractivity contribution in [2.75, 3.05) is 0 Å². The van der Waals surface area contributed by atoms with Gasteiger partial charge in [0.15, 0.2) is 11.5 Å². The number of phenols is 5. The number of hydrogen-bond acceptors (Lipinski definition) is 5. The van der Waals surface area contributed by atoms with Crippen molar-refractivity contribution in [1.82, 2.24) is 9.13 Å². The Balaban J connectivity index is 1.22. The molecule has 7 nitrogen and oxygen atoms in total. The zero-order valence-corrected chi connectivity index (χ0v) is 25.9. The Labute approximate surface area is 279 Å². The van der Waals surface area contributed by atoms with Gasteiger partial charge >= 0.3 is 0 Å². The van der Waals surface area contributed by atoms with Crippen molar-refractivity contribution in [3.8, 4) is 62.4 Å². The van der Waals surface area contributed by atoms with E-state index < -0.39 is 28.7 Å². The Morgan fingerprint density at radius 1 is 0.306 bits per heavy atom. The molecule has 5 N–H and O–H groups in total. The molecule has 0 spiro atoms. The first-order valence-corrected chi connectivity index (χ1v) is 15.8. The monoisotopic (exact) mass is 640 g/mol. The molecule has 0 saturated heterocycles. The lowest BCUT2D eigenvalue weighted by Crippen LogP contribution is -1.95. The first-order chi connectivity index (χ1) is 23.9. The Bertz CT molecular complexity index is 2730. The molecule has 0 atom stereocenters. The van der Waals surface area contributed by atoms with Crippen LogP contribution in [-0.2, 0) is 0 Å². The van der Waals surface area contributed by atoms with Gasteiger partial charge < -0.3 is 34.7 Å². The molecule has 9 aromatic rings. The highest BCUT2D eigenvalue weighted by Gasteiger charge is 2.24. The predicted molar refractivity (Wildman–Crippen MR) is 194 cm³/mol. The average Bonchev–Trinajstić information content (AvgIpc) is 3.65. The molecule has 0 fully saturated rings. The van der Waals surface area contributed by atoms with E-state index in [1.54, 1.807) is 18.2 Å². The van der Waals surface area contributed by atoms with E-state index in [9.17, 15) is 25.5 Å². The van der Waals surface area contributed by atoms with Crippen LogP contribution in [0.1, 0.15) is 0 Å². The molecule has 0 aliphatic heterocycles. The largest absolute Gasteiger partial charge is 0.504 e. The fraction of sp³-hybridized carbons (Fsp3) is 0. The van der Waals surface area contributed by atoms with Crippen LogP contribution in [0.4, 0.5) is 0 Å². The summed E-state index contributed by atoms with van der Waals surface area (Å²) >= 11 is 0. The quantitative estimate of drug-likeness (QED) is 0.0972. The first kappa shape index (κ1) is 28.4. The van der Waals surface area contributed by atoms with E-state index in [1.165, 1.54) is 10.8 Å². The number of phenolic OH excluding ortho intramolecular Hbond substituents is 5. The van der Waals surface area contributed by atoms with Gasteiger partial charge in [-0.2, -0.15) is 0 Å². The molecule has 0 amide bonds. The number of hydrogen-bond donors (Lipinski definition) is 5. The minimum absolute atomic E-state index is 0.184. The average molecular weight is 641 g/mol. The topological polar surface area (TPSA) is 111 Å². The first-order valence-electron chi connectivity index (χ1n) is 15.8. The van der Waals surface area contributed by atoms with Crippen LogP contribution >= 0.6 is 0 Å². The van der Waals surface area contributed by atoms with Gasteiger partial charge in [0.2, 0.25) is 17.2 Å². The molecule has 7 heteroatoms. The SMILES string of the molecule is Oc1c(O)c(O)c(-c2cccc(-c3ccc(-n4c5ccccc5c5cc6c7ccccc7n(-c7ccccc7)c6cc54)cc3)c2)c(O)c1O. The van der Waals surface area contributed by atoms with Crippen molar-refractivity contribution in [3.63, 3.8) is 0 Å². The van der Waals surface area contributed by atoms with Crippen LogP contribution in [0.25, 0.3) is 77.2 Å². The highest BCUT2D eigenvalue weighted by atomic mass is 16.4. The second-order valence-electron chi connectivity index (χ2n) is 12.2. The lowest BCUT2D eigenvalue weighted by Gasteiger charge is -2.14. The number of rotatable bonds is 4. The molecule has 0 bridgehead atoms. The fourth-order valence-corrected chi connectivity index (χ4v) is 7.18. The van der Waals surface area contributed by atoms with Gasteiger partial charge in [-0.3, -0.25) is 0 Å². The molecule has 7 aromatic carbocycles. The van der Waals surface area contributed by atoms with E-state index in [1.807, 2.05) is 24.3 Å². The zero-order chi connectivity index (χ0) is 33.4. The van der Waals surface area contributed by atoms with Gasteiger partial charge in [0, 0.05) is 32.9 Å². The molecule has 9 rings (SSSR count). The van der Waals surface area contributed by atoms with Crippen LogP contribution in [0.5, 0.6) is 28.7 Å². The molecule has 0 unspecified atom stereocenters. The Morgan fingerprint density at radius 3 is 1.39 bits per heavy atom. The maximum Gasteiger partial charge on any atom is 0.208 e. The molecule has 0 radical (unpaired) electrons. The Kier molecular flexibility index (Phi) is 6.13. The maximum atomic E-state index is 10.5. The van der Waals surface area contributed by atoms with Gasteiger partial charge in [0.25, 0.3) is 0 Å². The van der Waals surface area contributed by atoms with E-state index >= 15 is 0 Å². The summed E-state index contributed by atoms with van der Waals surface area (Å²) in [5.74, 6) is -4.27. The van der Waals surface area contributed by atoms with Crippen molar-refractivity contribution in [2.45, 2.75) is 0 Å². The predicted octanol–water partition coefficient (Wildman–Crippen LogP) is 9.74. The highest BCUT2D eigenvalue weighted by Crippen LogP contribution is 2.55. The number of aromatic nitrogens is 2. The second kappa shape index (κ2) is 10.6. The number of aromatic hydroxyl groups is 5. The van der Waals surface area contributed by atoms with Crippen molar-refractivity contribution in [1.29, 1.82) is 0 Å². The second-order valence-corrected chi connectivity index (χ2v) is 12.2. The van der Waals surface area contributed by atoms with Crippen LogP contribution in [0.3, 0.4) is 0 Å². The zero-order valence-electron chi connectivity index (χ0n) is 25.9. The van der Waals surface area contributed by atoms with Gasteiger partial charge in [-0.15, -0.1) is 0 Å². The van der Waals surface area contributed by atoms with E-state index in [2.05, 4.69) is 106 Å². The number of fused-ring (bicyclic) bond motifs is 6. The third-order valence-electron chi connectivity index (χ3n) is 9.46. The highest BCUT2D eigenvalue weighted by molar-refractivity contribution is 6.19. The molecular weight excluding hydrogens is 612 g/mol. The molecule has 2 heterocycles. The lowest BCUT2D eigenvalue weighted by molar-refractivity contribution is 0.330. The van der Waals surface area contributed by atoms with Crippen LogP contribution in [0.2, 0.25) is 0 Å². The Morgan fingerprint density at radius 2 is 0.796 bits per heavy atom. The van der Waals surface area contributed by atoms with Crippen molar-refractivity contribution >= 4 is 43.6 Å². The van der Waals surface area contributed by atoms with Crippen LogP contribution in [0.15, 0.2) is 140 Å². The number of para-hydroxylation sites is 3. The molecular formula is C42H28N2O5. The van der Waals surface area contributed by atoms with Gasteiger partial charge in [-0.25, -0.2) is 0 Å². The molecule has 0 aliphatic rings. The van der Waals surface area contributed by atoms with E-state index in [0.717, 1.165) is 55.3 Å². The summed E-state index contributed by atoms with van der Waals surface area (Å²) < 4.78 is 4.61. The summed E-state index contributed by atoms with van der Waals surface area (Å²) in [7, 11) is 0. The molecule has 236 valence electrons. The summed E-state index contributed by atoms with van der Waals surface area (Å²) in [5.41, 5.74) is 8.36. The van der Waals surface area contributed by atoms with Gasteiger partial charge in [-0.1, -0.05) is 84.9 Å². The van der Waals surface area contributed by atoms with Crippen molar-refractivity contribution in [3.05, 3.63) is 140 Å². The summed E-state index contributed by atoms with van der Waals surface area (Å²) in [6.45, 7) is 0. The van der Waals surface area contributed by atoms with Crippen molar-refractivity contribution in [2.24, 2.45) is 0 Å². The summed E-state index contributed by atoms with van der Waals surface area (Å²) in [5, 5.41) is 55.8. The third kappa shape index (κ3) is 4.16. The van der Waals surface area contributed by atoms with Crippen LogP contribution < -0.4 is 0 Å². The number of nitrogens with zero attached hydrogens (tertiary/aromatic N) is 2. The minimum atomic E-state index is -0.988. The van der Waals surface area contributed by atoms with Gasteiger partial charge in [0.1, 0.15) is 0 Å². The Hall–Kier alpha value is -6.86. The standard InChI is InChI=1S/C42H28N2O5/c45-38-37(39(46)41(48)42(49)40(38)47)26-10-8-9-25(21-26)24-17-19-28(20-18-24)44-34-16-7-5-14-30(34)32-22-31-29-13-4-6-15-33(29)43(35(31)23-36(32)44)27-11-2-1-3-12-27/h1-23,45-49H. The lowest BCUT2D eigenvalue weighted by atomic mass is 9.97. The van der Waals surface area contributed by atoms with E-state index in [4.69, 9.17) is 0 Å². The third-order valence-corrected chi connectivity index (χ3v) is 9.46. The number of benzene rings is 7. The fourth-order valence-electron chi connectivity index (χ4n) is 7.18. The summed E-state index contributed by atoms with van der Waals surface area (Å²) in [6.07, 6.45) is 0. The molecule has 49 heavy (non-hydrogen) atoms. The van der Waals surface area contributed by atoms with E-state index in [-0.39, 0.29) is 5.56 Å². The van der Waals surface area contributed by atoms with Gasteiger partial charge in [-0.05, 0) is 71.3 Å². The van der Waals surface area contributed by atoms with Crippen LogP contribution in [-0.4, -0.2) is 34.7 Å². The maximum absolute atomic E-state index is 10.5. The smallest absolute Gasteiger partial charge is 0.208 e. The summed E-state index contributed by atoms with van der Waals surface area (Å²) in [6, 6.07) is 47.2. The van der Waals surface area contributed by atoms with Gasteiger partial charge in [0.05, 0.1) is 27.6 Å².